The summed E-state index contributed by atoms with van der Waals surface area (Å²) in [4.78, 5) is 21.6. The number of phosphoric acid groups is 1. The van der Waals surface area contributed by atoms with Crippen LogP contribution in [0.3, 0.4) is 0 Å². The van der Waals surface area contributed by atoms with Crippen LogP contribution in [0, 0.1) is 0 Å². The highest BCUT2D eigenvalue weighted by atomic mass is 31.2. The average molecular weight is 410 g/mol. The van der Waals surface area contributed by atoms with Gasteiger partial charge in [-0.2, -0.15) is 0 Å². The second-order valence-corrected chi connectivity index (χ2v) is 6.38. The first kappa shape index (κ1) is 26.0. The molecule has 0 radical (unpaired) electrons. The topological polar surface area (TPSA) is 77.8 Å². The van der Waals surface area contributed by atoms with Gasteiger partial charge in [0.05, 0.1) is 0 Å². The Hall–Kier alpha value is -3.01. The van der Waals surface area contributed by atoms with Gasteiger partial charge in [-0.25, -0.2) is 4.57 Å². The predicted molar refractivity (Wildman–Crippen MR) is 124 cm³/mol. The largest absolute Gasteiger partial charge is 0.466 e. The quantitative estimate of drug-likeness (QED) is 0.459. The third-order valence-corrected chi connectivity index (χ3v) is 3.11. The van der Waals surface area contributed by atoms with Crippen LogP contribution in [0.15, 0.2) is 111 Å². The standard InChI is InChI=1S/3C8H8.H3O4P/c3*1-2-8-6-4-3-5-7-8;1-5(2,3)4/h3*2-7H,1H2;(H3,1,2,3,4). The molecule has 0 saturated heterocycles. The van der Waals surface area contributed by atoms with Crippen LogP contribution in [0.25, 0.3) is 18.2 Å². The van der Waals surface area contributed by atoms with Crippen molar-refractivity contribution < 1.29 is 19.2 Å². The van der Waals surface area contributed by atoms with Crippen LogP contribution in [0.4, 0.5) is 0 Å². The summed E-state index contributed by atoms with van der Waals surface area (Å²) in [6.45, 7) is 10.9. The molecule has 0 unspecified atom stereocenters. The van der Waals surface area contributed by atoms with Crippen LogP contribution in [0.2, 0.25) is 0 Å². The molecule has 0 aromatic heterocycles. The Balaban J connectivity index is 0.000000367. The molecule has 0 amide bonds. The molecule has 0 aliphatic heterocycles. The van der Waals surface area contributed by atoms with Crippen molar-refractivity contribution in [3.05, 3.63) is 127 Å². The van der Waals surface area contributed by atoms with Gasteiger partial charge in [-0.15, -0.1) is 0 Å². The summed E-state index contributed by atoms with van der Waals surface area (Å²) in [6.07, 6.45) is 5.50. The minimum atomic E-state index is -4.64. The molecule has 0 atom stereocenters. The van der Waals surface area contributed by atoms with Crippen LogP contribution in [0.1, 0.15) is 16.7 Å². The minimum Gasteiger partial charge on any atom is -0.303 e. The van der Waals surface area contributed by atoms with Crippen molar-refractivity contribution >= 4 is 26.1 Å². The predicted octanol–water partition coefficient (Wildman–Crippen LogP) is 6.06. The number of rotatable bonds is 3. The summed E-state index contributed by atoms with van der Waals surface area (Å²) in [5.41, 5.74) is 3.52. The van der Waals surface area contributed by atoms with E-state index >= 15 is 0 Å². The van der Waals surface area contributed by atoms with Gasteiger partial charge >= 0.3 is 7.82 Å². The molecule has 0 spiro atoms. The van der Waals surface area contributed by atoms with Gasteiger partial charge in [0.15, 0.2) is 0 Å². The first-order valence-electron chi connectivity index (χ1n) is 8.61. The molecule has 0 fully saturated rings. The third kappa shape index (κ3) is 18.1. The van der Waals surface area contributed by atoms with E-state index in [1.807, 2.05) is 109 Å². The van der Waals surface area contributed by atoms with E-state index in [0.29, 0.717) is 0 Å². The van der Waals surface area contributed by atoms with Crippen LogP contribution >= 0.6 is 7.82 Å². The maximum Gasteiger partial charge on any atom is 0.466 e. The molecule has 152 valence electrons. The van der Waals surface area contributed by atoms with Gasteiger partial charge in [0.2, 0.25) is 0 Å². The normalized spacial score (nSPS) is 9.07. The van der Waals surface area contributed by atoms with Crippen molar-refractivity contribution in [2.45, 2.75) is 0 Å². The summed E-state index contributed by atoms with van der Waals surface area (Å²) in [6, 6.07) is 30.1. The summed E-state index contributed by atoms with van der Waals surface area (Å²) in [5.74, 6) is 0. The van der Waals surface area contributed by atoms with E-state index in [1.165, 1.54) is 16.7 Å². The first-order valence-corrected chi connectivity index (χ1v) is 10.2. The van der Waals surface area contributed by atoms with Crippen LogP contribution in [-0.4, -0.2) is 14.7 Å². The smallest absolute Gasteiger partial charge is 0.303 e. The highest BCUT2D eigenvalue weighted by molar-refractivity contribution is 7.45. The first-order chi connectivity index (χ1) is 13.8. The van der Waals surface area contributed by atoms with Crippen molar-refractivity contribution in [1.82, 2.24) is 0 Å². The summed E-state index contributed by atoms with van der Waals surface area (Å²) in [5, 5.41) is 0. The lowest BCUT2D eigenvalue weighted by molar-refractivity contribution is 0.275. The van der Waals surface area contributed by atoms with Gasteiger partial charge in [0.1, 0.15) is 0 Å². The molecular weight excluding hydrogens is 383 g/mol. The molecule has 0 heterocycles. The number of benzene rings is 3. The van der Waals surface area contributed by atoms with E-state index in [1.54, 1.807) is 0 Å². The van der Waals surface area contributed by atoms with Gasteiger partial charge in [0.25, 0.3) is 0 Å². The number of hydrogen-bond donors (Lipinski definition) is 3. The zero-order valence-corrected chi connectivity index (χ0v) is 17.1. The lowest BCUT2D eigenvalue weighted by Gasteiger charge is -1.85. The van der Waals surface area contributed by atoms with Crippen molar-refractivity contribution in [2.24, 2.45) is 0 Å². The Kier molecular flexibility index (Phi) is 14.3. The van der Waals surface area contributed by atoms with Crippen molar-refractivity contribution in [3.8, 4) is 0 Å². The minimum absolute atomic E-state index is 1.17. The molecule has 3 aromatic rings. The van der Waals surface area contributed by atoms with Gasteiger partial charge in [-0.3, -0.25) is 0 Å². The Morgan fingerprint density at radius 2 is 0.690 bits per heavy atom. The molecular formula is C24H27O4P. The summed E-state index contributed by atoms with van der Waals surface area (Å²) in [7, 11) is -4.64. The summed E-state index contributed by atoms with van der Waals surface area (Å²) < 4.78 is 8.88. The SMILES string of the molecule is C=Cc1ccccc1.C=Cc1ccccc1.C=Cc1ccccc1.O=P(O)(O)O. The van der Waals surface area contributed by atoms with Gasteiger partial charge in [-0.1, -0.05) is 129 Å². The van der Waals surface area contributed by atoms with Gasteiger partial charge < -0.3 is 14.7 Å². The maximum atomic E-state index is 8.88. The monoisotopic (exact) mass is 410 g/mol. The van der Waals surface area contributed by atoms with Crippen molar-refractivity contribution in [2.75, 3.05) is 0 Å². The lowest BCUT2D eigenvalue weighted by Crippen LogP contribution is -1.66. The molecule has 29 heavy (non-hydrogen) atoms. The zero-order valence-electron chi connectivity index (χ0n) is 16.2. The second-order valence-electron chi connectivity index (χ2n) is 5.36. The third-order valence-electron chi connectivity index (χ3n) is 3.11. The average Bonchev–Trinajstić information content (AvgIpc) is 2.75. The Morgan fingerprint density at radius 3 is 0.793 bits per heavy atom. The highest BCUT2D eigenvalue weighted by Gasteiger charge is 2.00. The zero-order chi connectivity index (χ0) is 22.0. The van der Waals surface area contributed by atoms with Crippen molar-refractivity contribution in [3.63, 3.8) is 0 Å². The molecule has 4 nitrogen and oxygen atoms in total. The van der Waals surface area contributed by atoms with Gasteiger partial charge in [0, 0.05) is 0 Å². The molecule has 3 rings (SSSR count). The van der Waals surface area contributed by atoms with Gasteiger partial charge in [-0.05, 0) is 16.7 Å². The van der Waals surface area contributed by atoms with E-state index < -0.39 is 7.82 Å². The fourth-order valence-corrected chi connectivity index (χ4v) is 1.77. The maximum absolute atomic E-state index is 8.88. The fraction of sp³-hybridized carbons (Fsp3) is 0. The Bertz CT molecular complexity index is 745. The van der Waals surface area contributed by atoms with E-state index in [2.05, 4.69) is 19.7 Å². The molecule has 5 heteroatoms. The molecule has 0 saturated carbocycles. The van der Waals surface area contributed by atoms with E-state index in [9.17, 15) is 0 Å². The fourth-order valence-electron chi connectivity index (χ4n) is 1.77. The number of hydrogen-bond acceptors (Lipinski definition) is 1. The van der Waals surface area contributed by atoms with Crippen LogP contribution < -0.4 is 0 Å². The molecule has 3 aromatic carbocycles. The van der Waals surface area contributed by atoms with Crippen LogP contribution in [0.5, 0.6) is 0 Å². The molecule has 3 N–H and O–H groups in total. The van der Waals surface area contributed by atoms with Crippen LogP contribution in [-0.2, 0) is 4.57 Å². The van der Waals surface area contributed by atoms with Crippen molar-refractivity contribution in [1.29, 1.82) is 0 Å². The Morgan fingerprint density at radius 1 is 0.517 bits per heavy atom. The van der Waals surface area contributed by atoms with E-state index in [-0.39, 0.29) is 0 Å². The highest BCUT2D eigenvalue weighted by Crippen LogP contribution is 2.25. The lowest BCUT2D eigenvalue weighted by atomic mass is 10.2. The van der Waals surface area contributed by atoms with E-state index in [4.69, 9.17) is 19.2 Å². The molecule has 0 aliphatic rings. The second kappa shape index (κ2) is 16.0. The molecule has 0 bridgehead atoms. The Labute approximate surface area is 173 Å². The molecule has 0 aliphatic carbocycles. The summed E-state index contributed by atoms with van der Waals surface area (Å²) >= 11 is 0. The van der Waals surface area contributed by atoms with E-state index in [0.717, 1.165) is 0 Å².